The van der Waals surface area contributed by atoms with Crippen molar-refractivity contribution in [1.82, 2.24) is 9.97 Å². The standard InChI is InChI=1S/C13H9F3N2O/c1-8-17-7-6-11(18-8)12(19)9-2-4-10(5-3-9)13(14,15)16/h2-7H,1H3. The van der Waals surface area contributed by atoms with Crippen LogP contribution >= 0.6 is 0 Å². The summed E-state index contributed by atoms with van der Waals surface area (Å²) in [6.07, 6.45) is -2.98. The van der Waals surface area contributed by atoms with Gasteiger partial charge in [0.25, 0.3) is 0 Å². The van der Waals surface area contributed by atoms with E-state index in [1.807, 2.05) is 0 Å². The number of ketones is 1. The van der Waals surface area contributed by atoms with Crippen molar-refractivity contribution in [2.45, 2.75) is 13.1 Å². The zero-order valence-electron chi connectivity index (χ0n) is 9.90. The highest BCUT2D eigenvalue weighted by molar-refractivity contribution is 6.07. The van der Waals surface area contributed by atoms with E-state index >= 15 is 0 Å². The molecule has 0 fully saturated rings. The first-order chi connectivity index (χ1) is 8.88. The summed E-state index contributed by atoms with van der Waals surface area (Å²) < 4.78 is 37.2. The second-order valence-electron chi connectivity index (χ2n) is 3.89. The highest BCUT2D eigenvalue weighted by Gasteiger charge is 2.30. The van der Waals surface area contributed by atoms with E-state index in [1.54, 1.807) is 6.92 Å². The summed E-state index contributed by atoms with van der Waals surface area (Å²) in [7, 11) is 0. The second-order valence-corrected chi connectivity index (χ2v) is 3.89. The molecule has 3 nitrogen and oxygen atoms in total. The minimum Gasteiger partial charge on any atom is -0.287 e. The van der Waals surface area contributed by atoms with Gasteiger partial charge in [-0.15, -0.1) is 0 Å². The van der Waals surface area contributed by atoms with E-state index in [-0.39, 0.29) is 11.3 Å². The molecule has 1 aromatic carbocycles. The number of alkyl halides is 3. The molecule has 1 aromatic heterocycles. The van der Waals surface area contributed by atoms with Crippen LogP contribution in [0.2, 0.25) is 0 Å². The molecule has 0 bridgehead atoms. The Labute approximate surface area is 107 Å². The van der Waals surface area contributed by atoms with Crippen molar-refractivity contribution < 1.29 is 18.0 Å². The van der Waals surface area contributed by atoms with Crippen LogP contribution in [0, 0.1) is 6.92 Å². The minimum absolute atomic E-state index is 0.158. The normalized spacial score (nSPS) is 11.4. The number of hydrogen-bond acceptors (Lipinski definition) is 3. The van der Waals surface area contributed by atoms with Crippen molar-refractivity contribution in [3.8, 4) is 0 Å². The fourth-order valence-electron chi connectivity index (χ4n) is 1.54. The van der Waals surface area contributed by atoms with E-state index in [2.05, 4.69) is 9.97 Å². The molecule has 0 radical (unpaired) electrons. The van der Waals surface area contributed by atoms with Crippen LogP contribution in [-0.4, -0.2) is 15.8 Å². The average molecular weight is 266 g/mol. The number of aryl methyl sites for hydroxylation is 1. The SMILES string of the molecule is Cc1nccc(C(=O)c2ccc(C(F)(F)F)cc2)n1. The van der Waals surface area contributed by atoms with Crippen LogP contribution in [0.15, 0.2) is 36.5 Å². The summed E-state index contributed by atoms with van der Waals surface area (Å²) in [5.41, 5.74) is -0.471. The van der Waals surface area contributed by atoms with Gasteiger partial charge in [0.15, 0.2) is 0 Å². The zero-order valence-corrected chi connectivity index (χ0v) is 9.90. The first kappa shape index (κ1) is 13.2. The molecule has 0 aliphatic heterocycles. The van der Waals surface area contributed by atoms with Crippen LogP contribution in [0.4, 0.5) is 13.2 Å². The third-order valence-electron chi connectivity index (χ3n) is 2.48. The lowest BCUT2D eigenvalue weighted by Gasteiger charge is -2.07. The molecule has 2 aromatic rings. The number of nitrogens with zero attached hydrogens (tertiary/aromatic N) is 2. The molecule has 6 heteroatoms. The van der Waals surface area contributed by atoms with Crippen molar-refractivity contribution in [2.24, 2.45) is 0 Å². The number of halogens is 3. The predicted octanol–water partition coefficient (Wildman–Crippen LogP) is 3.03. The van der Waals surface area contributed by atoms with Gasteiger partial charge in [0.2, 0.25) is 5.78 Å². The van der Waals surface area contributed by atoms with E-state index in [0.717, 1.165) is 24.3 Å². The van der Waals surface area contributed by atoms with E-state index in [9.17, 15) is 18.0 Å². The van der Waals surface area contributed by atoms with Crippen LogP contribution in [0.25, 0.3) is 0 Å². The van der Waals surface area contributed by atoms with Gasteiger partial charge in [-0.1, -0.05) is 12.1 Å². The number of hydrogen-bond donors (Lipinski definition) is 0. The van der Waals surface area contributed by atoms with Crippen molar-refractivity contribution in [2.75, 3.05) is 0 Å². The summed E-state index contributed by atoms with van der Waals surface area (Å²) in [6.45, 7) is 1.63. The van der Waals surface area contributed by atoms with Crippen LogP contribution < -0.4 is 0 Å². The Bertz CT molecular complexity index is 606. The number of aromatic nitrogens is 2. The maximum absolute atomic E-state index is 12.4. The van der Waals surface area contributed by atoms with Crippen molar-refractivity contribution in [3.63, 3.8) is 0 Å². The topological polar surface area (TPSA) is 42.9 Å². The third kappa shape index (κ3) is 2.96. The van der Waals surface area contributed by atoms with E-state index in [4.69, 9.17) is 0 Å². The van der Waals surface area contributed by atoms with E-state index in [0.29, 0.717) is 5.82 Å². The van der Waals surface area contributed by atoms with Gasteiger partial charge in [-0.05, 0) is 25.1 Å². The van der Waals surface area contributed by atoms with E-state index in [1.165, 1.54) is 12.3 Å². The Balaban J connectivity index is 2.30. The third-order valence-corrected chi connectivity index (χ3v) is 2.48. The molecule has 0 unspecified atom stereocenters. The van der Waals surface area contributed by atoms with Gasteiger partial charge in [-0.25, -0.2) is 9.97 Å². The fraction of sp³-hybridized carbons (Fsp3) is 0.154. The maximum atomic E-state index is 12.4. The second kappa shape index (κ2) is 4.79. The zero-order chi connectivity index (χ0) is 14.0. The Morgan fingerprint density at radius 1 is 1.11 bits per heavy atom. The van der Waals surface area contributed by atoms with Gasteiger partial charge in [-0.3, -0.25) is 4.79 Å². The lowest BCUT2D eigenvalue weighted by atomic mass is 10.1. The van der Waals surface area contributed by atoms with Gasteiger partial charge in [-0.2, -0.15) is 13.2 Å². The largest absolute Gasteiger partial charge is 0.416 e. The summed E-state index contributed by atoms with van der Waals surface area (Å²) in [5.74, 6) is -0.00279. The molecule has 0 N–H and O–H groups in total. The van der Waals surface area contributed by atoms with Gasteiger partial charge >= 0.3 is 6.18 Å². The van der Waals surface area contributed by atoms with Gasteiger partial charge in [0.1, 0.15) is 11.5 Å². The molecule has 0 saturated carbocycles. The molecule has 0 atom stereocenters. The van der Waals surface area contributed by atoms with Crippen LogP contribution in [0.1, 0.15) is 27.4 Å². The summed E-state index contributed by atoms with van der Waals surface area (Å²) in [6, 6.07) is 5.46. The molecule has 98 valence electrons. The Hall–Kier alpha value is -2.24. The molecule has 2 rings (SSSR count). The molecule has 1 heterocycles. The smallest absolute Gasteiger partial charge is 0.287 e. The predicted molar refractivity (Wildman–Crippen MR) is 61.6 cm³/mol. The maximum Gasteiger partial charge on any atom is 0.416 e. The van der Waals surface area contributed by atoms with Crippen LogP contribution in [-0.2, 0) is 6.18 Å². The molecule has 0 aliphatic rings. The fourth-order valence-corrected chi connectivity index (χ4v) is 1.54. The monoisotopic (exact) mass is 266 g/mol. The number of carbonyl (C=O) groups is 1. The van der Waals surface area contributed by atoms with Gasteiger partial charge in [0, 0.05) is 11.8 Å². The lowest BCUT2D eigenvalue weighted by molar-refractivity contribution is -0.137. The lowest BCUT2D eigenvalue weighted by Crippen LogP contribution is -2.08. The molecular weight excluding hydrogens is 257 g/mol. The average Bonchev–Trinajstić information content (AvgIpc) is 2.37. The van der Waals surface area contributed by atoms with Crippen molar-refractivity contribution >= 4 is 5.78 Å². The number of carbonyl (C=O) groups excluding carboxylic acids is 1. The van der Waals surface area contributed by atoms with Crippen LogP contribution in [0.3, 0.4) is 0 Å². The van der Waals surface area contributed by atoms with E-state index < -0.39 is 17.5 Å². The first-order valence-corrected chi connectivity index (χ1v) is 5.39. The Morgan fingerprint density at radius 3 is 2.26 bits per heavy atom. The minimum atomic E-state index is -4.41. The van der Waals surface area contributed by atoms with Gasteiger partial charge < -0.3 is 0 Å². The molecular formula is C13H9F3N2O. The summed E-state index contributed by atoms with van der Waals surface area (Å²) >= 11 is 0. The van der Waals surface area contributed by atoms with Crippen LogP contribution in [0.5, 0.6) is 0 Å². The molecule has 0 amide bonds. The summed E-state index contributed by atoms with van der Waals surface area (Å²) in [4.78, 5) is 19.8. The van der Waals surface area contributed by atoms with Gasteiger partial charge in [0.05, 0.1) is 5.56 Å². The first-order valence-electron chi connectivity index (χ1n) is 5.39. The van der Waals surface area contributed by atoms with Crippen molar-refractivity contribution in [1.29, 1.82) is 0 Å². The molecule has 19 heavy (non-hydrogen) atoms. The molecule has 0 aliphatic carbocycles. The summed E-state index contributed by atoms with van der Waals surface area (Å²) in [5, 5.41) is 0. The number of benzene rings is 1. The molecule has 0 spiro atoms. The van der Waals surface area contributed by atoms with Crippen molar-refractivity contribution in [3.05, 3.63) is 59.2 Å². The quantitative estimate of drug-likeness (QED) is 0.785. The highest BCUT2D eigenvalue weighted by atomic mass is 19.4. The Morgan fingerprint density at radius 2 is 1.74 bits per heavy atom. The highest BCUT2D eigenvalue weighted by Crippen LogP contribution is 2.29. The molecule has 0 saturated heterocycles. The number of rotatable bonds is 2. The Kier molecular flexibility index (Phi) is 3.33.